The van der Waals surface area contributed by atoms with Crippen LogP contribution in [-0.2, 0) is 7.05 Å². The fourth-order valence-corrected chi connectivity index (χ4v) is 1.66. The van der Waals surface area contributed by atoms with Gasteiger partial charge in [-0.1, -0.05) is 0 Å². The highest BCUT2D eigenvalue weighted by atomic mass is 16.3. The van der Waals surface area contributed by atoms with Gasteiger partial charge in [0, 0.05) is 25.5 Å². The maximum Gasteiger partial charge on any atom is 0.294 e. The predicted octanol–water partition coefficient (Wildman–Crippen LogP) is 0.0142. The molecule has 0 atom stereocenters. The number of aromatic amines is 1. The first-order chi connectivity index (χ1) is 9.40. The highest BCUT2D eigenvalue weighted by molar-refractivity contribution is 5.95. The maximum atomic E-state index is 11.9. The summed E-state index contributed by atoms with van der Waals surface area (Å²) in [4.78, 5) is 34.0. The number of carbonyl (C=O) groups excluding carboxylic acids is 1. The van der Waals surface area contributed by atoms with E-state index in [0.717, 1.165) is 0 Å². The predicted molar refractivity (Wildman–Crippen MR) is 71.3 cm³/mol. The second kappa shape index (κ2) is 5.16. The topological polar surface area (TPSA) is 113 Å². The van der Waals surface area contributed by atoms with Gasteiger partial charge >= 0.3 is 0 Å². The van der Waals surface area contributed by atoms with E-state index < -0.39 is 17.2 Å². The standard InChI is InChI=1S/C12H15N5O3/c1-6(2)14-11(19)7-8(18)12(20)16-9(15-7)10-13-4-5-17(10)3/h4-6,18H,1-3H3,(H,14,19)(H,15,16,20). The van der Waals surface area contributed by atoms with Crippen molar-refractivity contribution in [3.63, 3.8) is 0 Å². The Morgan fingerprint density at radius 3 is 2.75 bits per heavy atom. The molecule has 0 bridgehead atoms. The molecule has 0 fully saturated rings. The first kappa shape index (κ1) is 13.8. The van der Waals surface area contributed by atoms with Gasteiger partial charge in [-0.15, -0.1) is 0 Å². The number of nitrogens with one attached hydrogen (secondary N) is 2. The zero-order chi connectivity index (χ0) is 14.9. The molecule has 2 aromatic heterocycles. The summed E-state index contributed by atoms with van der Waals surface area (Å²) < 4.78 is 1.64. The molecule has 0 saturated carbocycles. The molecular weight excluding hydrogens is 262 g/mol. The number of H-pyrrole nitrogens is 1. The van der Waals surface area contributed by atoms with Crippen molar-refractivity contribution in [1.82, 2.24) is 24.8 Å². The van der Waals surface area contributed by atoms with Gasteiger partial charge < -0.3 is 20.0 Å². The van der Waals surface area contributed by atoms with Gasteiger partial charge in [0.25, 0.3) is 11.5 Å². The van der Waals surface area contributed by atoms with Crippen LogP contribution in [0.2, 0.25) is 0 Å². The van der Waals surface area contributed by atoms with Crippen molar-refractivity contribution in [2.75, 3.05) is 0 Å². The largest absolute Gasteiger partial charge is 0.501 e. The molecule has 8 nitrogen and oxygen atoms in total. The van der Waals surface area contributed by atoms with Gasteiger partial charge in [0.15, 0.2) is 17.3 Å². The van der Waals surface area contributed by atoms with Crippen LogP contribution >= 0.6 is 0 Å². The van der Waals surface area contributed by atoms with E-state index in [1.54, 1.807) is 31.7 Å². The van der Waals surface area contributed by atoms with E-state index in [1.807, 2.05) is 0 Å². The molecule has 0 unspecified atom stereocenters. The average molecular weight is 277 g/mol. The van der Waals surface area contributed by atoms with E-state index in [9.17, 15) is 14.7 Å². The summed E-state index contributed by atoms with van der Waals surface area (Å²) in [7, 11) is 1.73. The first-order valence-electron chi connectivity index (χ1n) is 6.02. The first-order valence-corrected chi connectivity index (χ1v) is 6.02. The lowest BCUT2D eigenvalue weighted by molar-refractivity contribution is 0.0934. The van der Waals surface area contributed by atoms with E-state index in [4.69, 9.17) is 0 Å². The van der Waals surface area contributed by atoms with Gasteiger partial charge in [0.2, 0.25) is 5.75 Å². The van der Waals surface area contributed by atoms with Gasteiger partial charge in [-0.25, -0.2) is 9.97 Å². The molecule has 0 saturated heterocycles. The van der Waals surface area contributed by atoms with Crippen LogP contribution in [0.15, 0.2) is 17.2 Å². The Bertz CT molecular complexity index is 701. The van der Waals surface area contributed by atoms with E-state index in [2.05, 4.69) is 20.3 Å². The van der Waals surface area contributed by atoms with Crippen molar-refractivity contribution in [1.29, 1.82) is 0 Å². The number of hydrogen-bond donors (Lipinski definition) is 3. The third kappa shape index (κ3) is 2.53. The number of aryl methyl sites for hydroxylation is 1. The summed E-state index contributed by atoms with van der Waals surface area (Å²) in [5, 5.41) is 12.3. The molecule has 0 aliphatic heterocycles. The Morgan fingerprint density at radius 2 is 2.20 bits per heavy atom. The van der Waals surface area contributed by atoms with E-state index in [1.165, 1.54) is 6.20 Å². The summed E-state index contributed by atoms with van der Waals surface area (Å²) in [5.41, 5.74) is -1.10. The number of hydrogen-bond acceptors (Lipinski definition) is 5. The molecule has 3 N–H and O–H groups in total. The van der Waals surface area contributed by atoms with E-state index in [-0.39, 0.29) is 17.6 Å². The average Bonchev–Trinajstić information content (AvgIpc) is 2.78. The van der Waals surface area contributed by atoms with Crippen LogP contribution in [0.4, 0.5) is 0 Å². The Morgan fingerprint density at radius 1 is 1.50 bits per heavy atom. The molecule has 0 aliphatic rings. The summed E-state index contributed by atoms with van der Waals surface area (Å²) in [6.45, 7) is 3.53. The number of rotatable bonds is 3. The van der Waals surface area contributed by atoms with Gasteiger partial charge in [0.1, 0.15) is 0 Å². The molecule has 106 valence electrons. The van der Waals surface area contributed by atoms with Gasteiger partial charge in [-0.05, 0) is 13.8 Å². The smallest absolute Gasteiger partial charge is 0.294 e. The third-order valence-electron chi connectivity index (χ3n) is 2.56. The van der Waals surface area contributed by atoms with E-state index >= 15 is 0 Å². The zero-order valence-electron chi connectivity index (χ0n) is 11.3. The number of nitrogens with zero attached hydrogens (tertiary/aromatic N) is 3. The SMILES string of the molecule is CC(C)NC(=O)c1nc(-c2nccn2C)[nH]c(=O)c1O. The van der Waals surface area contributed by atoms with E-state index in [0.29, 0.717) is 5.82 Å². The van der Waals surface area contributed by atoms with Crippen LogP contribution in [0, 0.1) is 0 Å². The Balaban J connectivity index is 2.54. The van der Waals surface area contributed by atoms with Crippen LogP contribution < -0.4 is 10.9 Å². The van der Waals surface area contributed by atoms with Crippen LogP contribution in [0.5, 0.6) is 5.75 Å². The van der Waals surface area contributed by atoms with Crippen molar-refractivity contribution in [3.05, 3.63) is 28.4 Å². The third-order valence-corrected chi connectivity index (χ3v) is 2.56. The fraction of sp³-hybridized carbons (Fsp3) is 0.333. The molecular formula is C12H15N5O3. The number of imidazole rings is 1. The maximum absolute atomic E-state index is 11.9. The van der Waals surface area contributed by atoms with Crippen LogP contribution in [0.3, 0.4) is 0 Å². The highest BCUT2D eigenvalue weighted by Crippen LogP contribution is 2.14. The molecule has 0 radical (unpaired) electrons. The highest BCUT2D eigenvalue weighted by Gasteiger charge is 2.20. The minimum Gasteiger partial charge on any atom is -0.501 e. The van der Waals surface area contributed by atoms with Crippen LogP contribution in [0.25, 0.3) is 11.6 Å². The molecule has 0 aromatic carbocycles. The van der Waals surface area contributed by atoms with Gasteiger partial charge in [0.05, 0.1) is 0 Å². The minimum atomic E-state index is -0.785. The molecule has 20 heavy (non-hydrogen) atoms. The van der Waals surface area contributed by atoms with Crippen molar-refractivity contribution in [2.24, 2.45) is 7.05 Å². The normalized spacial score (nSPS) is 10.8. The molecule has 8 heteroatoms. The number of amides is 1. The summed E-state index contributed by atoms with van der Waals surface area (Å²) >= 11 is 0. The Kier molecular flexibility index (Phi) is 3.55. The van der Waals surface area contributed by atoms with Crippen molar-refractivity contribution in [3.8, 4) is 17.4 Å². The molecule has 1 amide bonds. The molecule has 0 aliphatic carbocycles. The molecule has 0 spiro atoms. The number of carbonyl (C=O) groups is 1. The zero-order valence-corrected chi connectivity index (χ0v) is 11.3. The van der Waals surface area contributed by atoms with Crippen LogP contribution in [0.1, 0.15) is 24.3 Å². The number of aromatic nitrogens is 4. The lowest BCUT2D eigenvalue weighted by atomic mass is 10.3. The van der Waals surface area contributed by atoms with Crippen LogP contribution in [-0.4, -0.2) is 36.6 Å². The Labute approximate surface area is 114 Å². The monoisotopic (exact) mass is 277 g/mol. The minimum absolute atomic E-state index is 0.120. The summed E-state index contributed by atoms with van der Waals surface area (Å²) in [6, 6.07) is -0.139. The lowest BCUT2D eigenvalue weighted by Crippen LogP contribution is -2.32. The summed E-state index contributed by atoms with van der Waals surface area (Å²) in [5.74, 6) is -0.810. The van der Waals surface area contributed by atoms with Crippen molar-refractivity contribution in [2.45, 2.75) is 19.9 Å². The second-order valence-electron chi connectivity index (χ2n) is 4.60. The van der Waals surface area contributed by atoms with Crippen molar-refractivity contribution >= 4 is 5.91 Å². The fourth-order valence-electron chi connectivity index (χ4n) is 1.66. The quantitative estimate of drug-likeness (QED) is 0.731. The second-order valence-corrected chi connectivity index (χ2v) is 4.60. The molecule has 2 aromatic rings. The Hall–Kier alpha value is -2.64. The lowest BCUT2D eigenvalue weighted by Gasteiger charge is -2.09. The molecule has 2 rings (SSSR count). The van der Waals surface area contributed by atoms with Gasteiger partial charge in [-0.2, -0.15) is 0 Å². The van der Waals surface area contributed by atoms with Gasteiger partial charge in [-0.3, -0.25) is 9.59 Å². The van der Waals surface area contributed by atoms with Crippen molar-refractivity contribution < 1.29 is 9.90 Å². The number of aromatic hydroxyl groups is 1. The molecule has 2 heterocycles. The summed E-state index contributed by atoms with van der Waals surface area (Å²) in [6.07, 6.45) is 3.21.